The van der Waals surface area contributed by atoms with Gasteiger partial charge in [0.25, 0.3) is 0 Å². The van der Waals surface area contributed by atoms with Gasteiger partial charge >= 0.3 is 0 Å². The molecule has 5 heteroatoms. The van der Waals surface area contributed by atoms with Crippen LogP contribution in [0.3, 0.4) is 0 Å². The Balaban J connectivity index is 2.22. The van der Waals surface area contributed by atoms with Crippen molar-refractivity contribution in [3.8, 4) is 11.4 Å². The molecule has 0 saturated heterocycles. The van der Waals surface area contributed by atoms with E-state index >= 15 is 0 Å². The van der Waals surface area contributed by atoms with E-state index in [9.17, 15) is 8.78 Å². The molecule has 0 aliphatic heterocycles. The topological polar surface area (TPSA) is 25.8 Å². The minimum absolute atomic E-state index is 0.240. The summed E-state index contributed by atoms with van der Waals surface area (Å²) < 4.78 is 26.1. The molecule has 0 amide bonds. The summed E-state index contributed by atoms with van der Waals surface area (Å²) in [5.41, 5.74) is 1.04. The molecule has 0 spiro atoms. The van der Waals surface area contributed by atoms with E-state index in [2.05, 4.69) is 9.97 Å². The maximum Gasteiger partial charge on any atom is 0.161 e. The number of nitrogens with zero attached hydrogens (tertiary/aromatic N) is 2. The number of hydrogen-bond donors (Lipinski definition) is 0. The highest BCUT2D eigenvalue weighted by molar-refractivity contribution is 6.34. The van der Waals surface area contributed by atoms with Crippen LogP contribution in [0.25, 0.3) is 22.3 Å². The molecule has 0 atom stereocenters. The number of fused-ring (bicyclic) bond motifs is 1. The van der Waals surface area contributed by atoms with Crippen molar-refractivity contribution in [2.45, 2.75) is 0 Å². The second-order valence-corrected chi connectivity index (χ2v) is 4.36. The highest BCUT2D eigenvalue weighted by atomic mass is 35.5. The van der Waals surface area contributed by atoms with Crippen molar-refractivity contribution in [3.05, 3.63) is 59.3 Å². The van der Waals surface area contributed by atoms with Crippen LogP contribution >= 0.6 is 11.6 Å². The number of aromatic nitrogens is 2. The molecule has 1 aromatic heterocycles. The molecule has 0 bridgehead atoms. The summed E-state index contributed by atoms with van der Waals surface area (Å²) in [6, 6.07) is 9.83. The van der Waals surface area contributed by atoms with Gasteiger partial charge in [0.05, 0.1) is 5.52 Å². The van der Waals surface area contributed by atoms with Crippen molar-refractivity contribution in [1.82, 2.24) is 9.97 Å². The minimum atomic E-state index is -0.396. The maximum atomic E-state index is 13.2. The molecule has 0 unspecified atom stereocenters. The van der Waals surface area contributed by atoms with Crippen LogP contribution in [0.2, 0.25) is 5.15 Å². The SMILES string of the molecule is Fc1ccc(-c2nc(Cl)c3ccc(F)cc3n2)cc1. The van der Waals surface area contributed by atoms with E-state index < -0.39 is 5.82 Å². The van der Waals surface area contributed by atoms with Gasteiger partial charge in [0.15, 0.2) is 5.82 Å². The summed E-state index contributed by atoms with van der Waals surface area (Å²) in [5.74, 6) is -0.405. The molecular weight excluding hydrogens is 270 g/mol. The van der Waals surface area contributed by atoms with E-state index in [0.29, 0.717) is 22.3 Å². The fourth-order valence-corrected chi connectivity index (χ4v) is 2.03. The van der Waals surface area contributed by atoms with Crippen molar-refractivity contribution in [2.75, 3.05) is 0 Å². The molecule has 19 heavy (non-hydrogen) atoms. The number of halogens is 3. The Morgan fingerprint density at radius 2 is 1.53 bits per heavy atom. The van der Waals surface area contributed by atoms with Crippen molar-refractivity contribution in [2.24, 2.45) is 0 Å². The highest BCUT2D eigenvalue weighted by Crippen LogP contribution is 2.25. The minimum Gasteiger partial charge on any atom is -0.228 e. The Morgan fingerprint density at radius 3 is 2.26 bits per heavy atom. The van der Waals surface area contributed by atoms with E-state index in [1.54, 1.807) is 12.1 Å². The first-order valence-corrected chi connectivity index (χ1v) is 5.90. The van der Waals surface area contributed by atoms with Crippen LogP contribution in [0.1, 0.15) is 0 Å². The normalized spacial score (nSPS) is 10.9. The molecule has 3 aromatic rings. The van der Waals surface area contributed by atoms with Crippen LogP contribution in [0, 0.1) is 11.6 Å². The fraction of sp³-hybridized carbons (Fsp3) is 0. The highest BCUT2D eigenvalue weighted by Gasteiger charge is 2.08. The quantitative estimate of drug-likeness (QED) is 0.622. The molecule has 0 aliphatic rings. The first-order chi connectivity index (χ1) is 9.13. The van der Waals surface area contributed by atoms with Crippen LogP contribution in [0.5, 0.6) is 0 Å². The standard InChI is InChI=1S/C14H7ClF2N2/c15-13-11-6-5-10(17)7-12(11)18-14(19-13)8-1-3-9(16)4-2-8/h1-7H. The molecule has 94 valence electrons. The maximum absolute atomic E-state index is 13.2. The van der Waals surface area contributed by atoms with Crippen molar-refractivity contribution < 1.29 is 8.78 Å². The average Bonchev–Trinajstić information content (AvgIpc) is 2.38. The third-order valence-electron chi connectivity index (χ3n) is 2.71. The van der Waals surface area contributed by atoms with Gasteiger partial charge < -0.3 is 0 Å². The smallest absolute Gasteiger partial charge is 0.161 e. The number of rotatable bonds is 1. The van der Waals surface area contributed by atoms with Gasteiger partial charge in [0, 0.05) is 17.0 Å². The van der Waals surface area contributed by atoms with Crippen molar-refractivity contribution in [1.29, 1.82) is 0 Å². The molecule has 0 radical (unpaired) electrons. The van der Waals surface area contributed by atoms with E-state index in [-0.39, 0.29) is 11.0 Å². The summed E-state index contributed by atoms with van der Waals surface area (Å²) in [5, 5.41) is 0.818. The second-order valence-electron chi connectivity index (χ2n) is 4.01. The third kappa shape index (κ3) is 2.27. The summed E-state index contributed by atoms with van der Waals surface area (Å²) in [7, 11) is 0. The van der Waals surface area contributed by atoms with Gasteiger partial charge in [-0.3, -0.25) is 0 Å². The molecule has 0 aliphatic carbocycles. The van der Waals surface area contributed by atoms with Crippen LogP contribution in [-0.4, -0.2) is 9.97 Å². The van der Waals surface area contributed by atoms with Crippen LogP contribution in [-0.2, 0) is 0 Å². The van der Waals surface area contributed by atoms with Gasteiger partial charge in [-0.15, -0.1) is 0 Å². The van der Waals surface area contributed by atoms with Gasteiger partial charge in [-0.1, -0.05) is 11.6 Å². The molecule has 2 aromatic carbocycles. The van der Waals surface area contributed by atoms with Crippen molar-refractivity contribution in [3.63, 3.8) is 0 Å². The van der Waals surface area contributed by atoms with Gasteiger partial charge in [-0.2, -0.15) is 0 Å². The summed E-state index contributed by atoms with van der Waals surface area (Å²) in [6.45, 7) is 0. The summed E-state index contributed by atoms with van der Waals surface area (Å²) in [6.07, 6.45) is 0. The fourth-order valence-electron chi connectivity index (χ4n) is 1.79. The molecule has 3 rings (SSSR count). The first kappa shape index (κ1) is 12.0. The molecule has 1 heterocycles. The Labute approximate surface area is 112 Å². The average molecular weight is 277 g/mol. The van der Waals surface area contributed by atoms with Crippen LogP contribution in [0.4, 0.5) is 8.78 Å². The van der Waals surface area contributed by atoms with Crippen molar-refractivity contribution >= 4 is 22.5 Å². The van der Waals surface area contributed by atoms with E-state index in [0.717, 1.165) is 0 Å². The van der Waals surface area contributed by atoms with E-state index in [1.807, 2.05) is 0 Å². The Morgan fingerprint density at radius 1 is 0.842 bits per heavy atom. The third-order valence-corrected chi connectivity index (χ3v) is 3.00. The van der Waals surface area contributed by atoms with Crippen LogP contribution < -0.4 is 0 Å². The predicted octanol–water partition coefficient (Wildman–Crippen LogP) is 4.23. The van der Waals surface area contributed by atoms with Gasteiger partial charge in [-0.05, 0) is 36.4 Å². The number of hydrogen-bond acceptors (Lipinski definition) is 2. The van der Waals surface area contributed by atoms with E-state index in [4.69, 9.17) is 11.6 Å². The summed E-state index contributed by atoms with van der Waals surface area (Å²) in [4.78, 5) is 8.38. The first-order valence-electron chi connectivity index (χ1n) is 5.52. The van der Waals surface area contributed by atoms with Gasteiger partial charge in [0.1, 0.15) is 16.8 Å². The van der Waals surface area contributed by atoms with Gasteiger partial charge in [0.2, 0.25) is 0 Å². The molecule has 0 saturated carbocycles. The monoisotopic (exact) mass is 276 g/mol. The lowest BCUT2D eigenvalue weighted by molar-refractivity contribution is 0.628. The Hall–Kier alpha value is -2.07. The lowest BCUT2D eigenvalue weighted by Gasteiger charge is -2.04. The zero-order valence-electron chi connectivity index (χ0n) is 9.57. The number of benzene rings is 2. The summed E-state index contributed by atoms with van der Waals surface area (Å²) >= 11 is 6.05. The molecule has 0 fully saturated rings. The predicted molar refractivity (Wildman–Crippen MR) is 69.9 cm³/mol. The lowest BCUT2D eigenvalue weighted by Crippen LogP contribution is -1.92. The molecule has 0 N–H and O–H groups in total. The lowest BCUT2D eigenvalue weighted by atomic mass is 10.2. The molecule has 2 nitrogen and oxygen atoms in total. The Kier molecular flexibility index (Phi) is 2.87. The largest absolute Gasteiger partial charge is 0.228 e. The van der Waals surface area contributed by atoms with E-state index in [1.165, 1.54) is 30.3 Å². The zero-order chi connectivity index (χ0) is 13.4. The second kappa shape index (κ2) is 4.55. The zero-order valence-corrected chi connectivity index (χ0v) is 10.3. The van der Waals surface area contributed by atoms with Crippen LogP contribution in [0.15, 0.2) is 42.5 Å². The van der Waals surface area contributed by atoms with Gasteiger partial charge in [-0.25, -0.2) is 18.7 Å². The molecular formula is C14H7ClF2N2. The Bertz CT molecular complexity index is 757.